The van der Waals surface area contributed by atoms with E-state index < -0.39 is 6.10 Å². The molecule has 2 atom stereocenters. The summed E-state index contributed by atoms with van der Waals surface area (Å²) in [6.07, 6.45) is 2.03. The summed E-state index contributed by atoms with van der Waals surface area (Å²) in [6, 6.07) is 0. The molecule has 1 aliphatic heterocycles. The van der Waals surface area contributed by atoms with Crippen molar-refractivity contribution >= 4 is 11.9 Å². The van der Waals surface area contributed by atoms with Gasteiger partial charge in [-0.15, -0.1) is 0 Å². The number of carbonyl (C=O) groups excluding carboxylic acids is 2. The van der Waals surface area contributed by atoms with Gasteiger partial charge in [-0.1, -0.05) is 13.8 Å². The zero-order chi connectivity index (χ0) is 13.4. The topological polar surface area (TPSA) is 61.8 Å². The van der Waals surface area contributed by atoms with E-state index in [0.29, 0.717) is 32.5 Å². The highest BCUT2D eigenvalue weighted by atomic mass is 16.6. The Balaban J connectivity index is 2.46. The lowest BCUT2D eigenvalue weighted by atomic mass is 10.1. The van der Waals surface area contributed by atoms with Crippen LogP contribution in [0, 0.1) is 0 Å². The molecule has 5 nitrogen and oxygen atoms in total. The van der Waals surface area contributed by atoms with Crippen LogP contribution in [0.25, 0.3) is 0 Å². The maximum atomic E-state index is 11.5. The molecule has 0 aliphatic carbocycles. The quantitative estimate of drug-likeness (QED) is 0.680. The third-order valence-electron chi connectivity index (χ3n) is 2.72. The summed E-state index contributed by atoms with van der Waals surface area (Å²) >= 11 is 0. The first-order valence-corrected chi connectivity index (χ1v) is 6.64. The third kappa shape index (κ3) is 5.04. The predicted octanol–water partition coefficient (Wildman–Crippen LogP) is 1.83. The minimum absolute atomic E-state index is 0.235. The van der Waals surface area contributed by atoms with Gasteiger partial charge in [0.25, 0.3) is 0 Å². The molecule has 1 saturated heterocycles. The summed E-state index contributed by atoms with van der Waals surface area (Å²) in [6.45, 7) is 4.67. The number of esters is 2. The summed E-state index contributed by atoms with van der Waals surface area (Å²) in [5.74, 6) is -0.495. The molecule has 104 valence electrons. The van der Waals surface area contributed by atoms with E-state index in [1.165, 1.54) is 0 Å². The lowest BCUT2D eigenvalue weighted by Crippen LogP contribution is -2.43. The first-order chi connectivity index (χ1) is 8.67. The van der Waals surface area contributed by atoms with Crippen LogP contribution in [0.15, 0.2) is 0 Å². The molecule has 0 aromatic rings. The number of ether oxygens (including phenoxy) is 3. The van der Waals surface area contributed by atoms with E-state index in [0.717, 1.165) is 12.8 Å². The molecule has 1 fully saturated rings. The fourth-order valence-corrected chi connectivity index (χ4v) is 1.80. The van der Waals surface area contributed by atoms with Gasteiger partial charge in [0.1, 0.15) is 6.10 Å². The van der Waals surface area contributed by atoms with Crippen LogP contribution >= 0.6 is 0 Å². The van der Waals surface area contributed by atoms with Crippen molar-refractivity contribution in [1.29, 1.82) is 0 Å². The zero-order valence-electron chi connectivity index (χ0n) is 11.1. The highest BCUT2D eigenvalue weighted by molar-refractivity contribution is 5.70. The maximum Gasteiger partial charge on any atom is 0.306 e. The van der Waals surface area contributed by atoms with E-state index in [1.54, 1.807) is 0 Å². The highest BCUT2D eigenvalue weighted by Crippen LogP contribution is 2.17. The van der Waals surface area contributed by atoms with Gasteiger partial charge < -0.3 is 14.2 Å². The number of carbonyl (C=O) groups is 2. The van der Waals surface area contributed by atoms with Crippen LogP contribution in [0.5, 0.6) is 0 Å². The lowest BCUT2D eigenvalue weighted by molar-refractivity contribution is -0.182. The van der Waals surface area contributed by atoms with E-state index in [1.807, 2.05) is 13.8 Å². The van der Waals surface area contributed by atoms with Gasteiger partial charge in [0.05, 0.1) is 13.2 Å². The van der Waals surface area contributed by atoms with E-state index >= 15 is 0 Å². The van der Waals surface area contributed by atoms with Crippen molar-refractivity contribution in [2.45, 2.75) is 58.2 Å². The second-order valence-corrected chi connectivity index (χ2v) is 4.42. The number of hydrogen-bond donors (Lipinski definition) is 0. The van der Waals surface area contributed by atoms with Crippen molar-refractivity contribution in [2.24, 2.45) is 0 Å². The zero-order valence-corrected chi connectivity index (χ0v) is 11.1. The SMILES string of the molecule is CCCC(=O)O[C@@H]1CCOC[C@H]1OC(=O)CCC. The van der Waals surface area contributed by atoms with Gasteiger partial charge in [0.2, 0.25) is 0 Å². The van der Waals surface area contributed by atoms with Crippen LogP contribution in [-0.4, -0.2) is 37.4 Å². The third-order valence-corrected chi connectivity index (χ3v) is 2.72. The molecule has 0 spiro atoms. The first-order valence-electron chi connectivity index (χ1n) is 6.64. The molecule has 0 amide bonds. The summed E-state index contributed by atoms with van der Waals surface area (Å²) in [4.78, 5) is 22.9. The number of hydrogen-bond acceptors (Lipinski definition) is 5. The van der Waals surface area contributed by atoms with Crippen LogP contribution < -0.4 is 0 Å². The molecule has 0 radical (unpaired) electrons. The normalized spacial score (nSPS) is 23.4. The molecule has 1 heterocycles. The van der Waals surface area contributed by atoms with Crippen molar-refractivity contribution in [2.75, 3.05) is 13.2 Å². The predicted molar refractivity (Wildman–Crippen MR) is 65.0 cm³/mol. The Hall–Kier alpha value is -1.10. The van der Waals surface area contributed by atoms with Crippen molar-refractivity contribution in [3.63, 3.8) is 0 Å². The van der Waals surface area contributed by atoms with Crippen LogP contribution in [0.2, 0.25) is 0 Å². The van der Waals surface area contributed by atoms with Crippen molar-refractivity contribution in [1.82, 2.24) is 0 Å². The van der Waals surface area contributed by atoms with E-state index in [9.17, 15) is 9.59 Å². The molecular formula is C13H22O5. The summed E-state index contributed by atoms with van der Waals surface area (Å²) < 4.78 is 15.9. The van der Waals surface area contributed by atoms with Gasteiger partial charge in [-0.05, 0) is 12.8 Å². The molecule has 0 saturated carbocycles. The average Bonchev–Trinajstić information content (AvgIpc) is 2.32. The second kappa shape index (κ2) is 8.08. The Morgan fingerprint density at radius 2 is 1.61 bits per heavy atom. The largest absolute Gasteiger partial charge is 0.458 e. The minimum atomic E-state index is -0.460. The van der Waals surface area contributed by atoms with Crippen LogP contribution in [0.1, 0.15) is 46.0 Å². The van der Waals surface area contributed by atoms with E-state index in [4.69, 9.17) is 14.2 Å². The lowest BCUT2D eigenvalue weighted by Gasteiger charge is -2.30. The van der Waals surface area contributed by atoms with Crippen molar-refractivity contribution < 1.29 is 23.8 Å². The van der Waals surface area contributed by atoms with Gasteiger partial charge in [0, 0.05) is 19.3 Å². The van der Waals surface area contributed by atoms with Gasteiger partial charge >= 0.3 is 11.9 Å². The Bertz CT molecular complexity index is 249. The van der Waals surface area contributed by atoms with E-state index in [2.05, 4.69) is 0 Å². The number of rotatable bonds is 6. The molecule has 1 aliphatic rings. The van der Waals surface area contributed by atoms with Gasteiger partial charge in [0.15, 0.2) is 6.10 Å². The Morgan fingerprint density at radius 3 is 2.17 bits per heavy atom. The Kier molecular flexibility index (Phi) is 6.72. The van der Waals surface area contributed by atoms with Crippen LogP contribution in [0.3, 0.4) is 0 Å². The van der Waals surface area contributed by atoms with Crippen LogP contribution in [-0.2, 0) is 23.8 Å². The Morgan fingerprint density at radius 1 is 1.06 bits per heavy atom. The Labute approximate surface area is 108 Å². The minimum Gasteiger partial charge on any atom is -0.458 e. The monoisotopic (exact) mass is 258 g/mol. The van der Waals surface area contributed by atoms with Gasteiger partial charge in [-0.2, -0.15) is 0 Å². The van der Waals surface area contributed by atoms with Crippen LogP contribution in [0.4, 0.5) is 0 Å². The standard InChI is InChI=1S/C13H22O5/c1-3-5-12(14)17-10-7-8-16-9-11(10)18-13(15)6-4-2/h10-11H,3-9H2,1-2H3/t10-,11-/m1/s1. The fraction of sp³-hybridized carbons (Fsp3) is 0.846. The van der Waals surface area contributed by atoms with E-state index in [-0.39, 0.29) is 18.0 Å². The van der Waals surface area contributed by atoms with Crippen molar-refractivity contribution in [3.05, 3.63) is 0 Å². The molecular weight excluding hydrogens is 236 g/mol. The fourth-order valence-electron chi connectivity index (χ4n) is 1.80. The molecule has 1 rings (SSSR count). The summed E-state index contributed by atoms with van der Waals surface area (Å²) in [5.41, 5.74) is 0. The molecule has 0 bridgehead atoms. The van der Waals surface area contributed by atoms with Gasteiger partial charge in [-0.3, -0.25) is 9.59 Å². The first kappa shape index (κ1) is 15.0. The van der Waals surface area contributed by atoms with Gasteiger partial charge in [-0.25, -0.2) is 0 Å². The molecule has 5 heteroatoms. The average molecular weight is 258 g/mol. The molecule has 0 N–H and O–H groups in total. The molecule has 18 heavy (non-hydrogen) atoms. The second-order valence-electron chi connectivity index (χ2n) is 4.42. The molecule has 0 aromatic heterocycles. The molecule has 0 unspecified atom stereocenters. The smallest absolute Gasteiger partial charge is 0.306 e. The highest BCUT2D eigenvalue weighted by Gasteiger charge is 2.31. The maximum absolute atomic E-state index is 11.5. The summed E-state index contributed by atoms with van der Waals surface area (Å²) in [7, 11) is 0. The summed E-state index contributed by atoms with van der Waals surface area (Å²) in [5, 5.41) is 0. The van der Waals surface area contributed by atoms with Crippen molar-refractivity contribution in [3.8, 4) is 0 Å². The molecule has 0 aromatic carbocycles.